The summed E-state index contributed by atoms with van der Waals surface area (Å²) in [7, 11) is 0. The van der Waals surface area contributed by atoms with Crippen molar-refractivity contribution >= 4 is 17.7 Å². The van der Waals surface area contributed by atoms with Crippen LogP contribution in [0.25, 0.3) is 0 Å². The molecule has 2 aliphatic heterocycles. The third-order valence-corrected chi connectivity index (χ3v) is 2.63. The number of carbonyl (C=O) groups is 1. The number of rotatable bonds is 0. The first-order chi connectivity index (χ1) is 4.88. The van der Waals surface area contributed by atoms with E-state index < -0.39 is 0 Å². The van der Waals surface area contributed by atoms with Crippen LogP contribution in [0.5, 0.6) is 0 Å². The van der Waals surface area contributed by atoms with E-state index in [0.717, 1.165) is 18.1 Å². The van der Waals surface area contributed by atoms with E-state index in [2.05, 4.69) is 10.1 Å². The number of carbonyl (C=O) groups excluding carboxylic acids is 1. The Morgan fingerprint density at radius 3 is 3.50 bits per heavy atom. The molecule has 2 heterocycles. The predicted octanol–water partition coefficient (Wildman–Crippen LogP) is 0.0383. The van der Waals surface area contributed by atoms with Crippen LogP contribution >= 0.6 is 11.8 Å². The van der Waals surface area contributed by atoms with Crippen LogP contribution in [0.15, 0.2) is 5.28 Å². The molecule has 1 atom stereocenters. The highest BCUT2D eigenvalue weighted by Crippen LogP contribution is 2.17. The summed E-state index contributed by atoms with van der Waals surface area (Å²) in [5.41, 5.74) is 0. The van der Waals surface area contributed by atoms with Crippen molar-refractivity contribution in [2.24, 2.45) is 5.28 Å². The van der Waals surface area contributed by atoms with Gasteiger partial charge in [0.1, 0.15) is 0 Å². The highest BCUT2D eigenvalue weighted by molar-refractivity contribution is 7.99. The lowest BCUT2D eigenvalue weighted by Crippen LogP contribution is -2.35. The molecule has 1 unspecified atom stereocenters. The molecule has 0 aliphatic carbocycles. The summed E-state index contributed by atoms with van der Waals surface area (Å²) in [5, 5.41) is 3.61. The third kappa shape index (κ3) is 0.811. The number of hydrogen-bond acceptors (Lipinski definition) is 4. The Morgan fingerprint density at radius 1 is 1.80 bits per heavy atom. The van der Waals surface area contributed by atoms with Gasteiger partial charge in [-0.15, -0.1) is 11.8 Å². The van der Waals surface area contributed by atoms with E-state index in [1.165, 1.54) is 0 Å². The van der Waals surface area contributed by atoms with Gasteiger partial charge in [-0.25, -0.2) is 4.79 Å². The van der Waals surface area contributed by atoms with Crippen LogP contribution in [0.1, 0.15) is 0 Å². The zero-order valence-electron chi connectivity index (χ0n) is 5.32. The van der Waals surface area contributed by atoms with Gasteiger partial charge < -0.3 is 0 Å². The normalized spacial score (nSPS) is 31.0. The molecule has 54 valence electrons. The lowest BCUT2D eigenvalue weighted by molar-refractivity contribution is -0.610. The quantitative estimate of drug-likeness (QED) is 0.468. The van der Waals surface area contributed by atoms with E-state index in [1.54, 1.807) is 16.5 Å². The van der Waals surface area contributed by atoms with Crippen molar-refractivity contribution in [1.29, 1.82) is 0 Å². The van der Waals surface area contributed by atoms with Crippen molar-refractivity contribution < 1.29 is 14.3 Å². The average Bonchev–Trinajstić information content (AvgIpc) is 2.34. The van der Waals surface area contributed by atoms with Crippen molar-refractivity contribution in [3.8, 4) is 0 Å². The molecule has 2 rings (SSSR count). The van der Waals surface area contributed by atoms with Crippen LogP contribution in [-0.2, 0) is 9.63 Å². The summed E-state index contributed by atoms with van der Waals surface area (Å²) in [6, 6.07) is -0.0984. The topological polar surface area (TPSA) is 41.7 Å². The molecular formula is C5H7N2O2S+. The van der Waals surface area contributed by atoms with Gasteiger partial charge in [0.05, 0.1) is 11.5 Å². The maximum Gasteiger partial charge on any atom is 0.411 e. The Kier molecular flexibility index (Phi) is 1.37. The van der Waals surface area contributed by atoms with Gasteiger partial charge in [0.25, 0.3) is 6.04 Å². The fourth-order valence-corrected chi connectivity index (χ4v) is 2.05. The van der Waals surface area contributed by atoms with Crippen molar-refractivity contribution in [3.05, 3.63) is 0 Å². The Balaban J connectivity index is 2.18. The molecule has 5 heteroatoms. The van der Waals surface area contributed by atoms with Crippen LogP contribution in [0.3, 0.4) is 0 Å². The molecule has 0 aromatic heterocycles. The SMILES string of the molecule is O=C1ON=[N+]2CCSCC12. The summed E-state index contributed by atoms with van der Waals surface area (Å²) in [5.74, 6) is 1.66. The molecule has 1 saturated heterocycles. The predicted molar refractivity (Wildman–Crippen MR) is 34.8 cm³/mol. The van der Waals surface area contributed by atoms with Gasteiger partial charge in [0.15, 0.2) is 11.8 Å². The molecule has 0 bridgehead atoms. The first-order valence-corrected chi connectivity index (χ1v) is 4.29. The first-order valence-electron chi connectivity index (χ1n) is 3.14. The summed E-state index contributed by atoms with van der Waals surface area (Å²) in [6.07, 6.45) is 0. The van der Waals surface area contributed by atoms with E-state index in [1.807, 2.05) is 0 Å². The van der Waals surface area contributed by atoms with Gasteiger partial charge in [-0.1, -0.05) is 4.70 Å². The van der Waals surface area contributed by atoms with Crippen LogP contribution in [0.2, 0.25) is 0 Å². The molecule has 0 saturated carbocycles. The second kappa shape index (κ2) is 2.23. The average molecular weight is 159 g/mol. The van der Waals surface area contributed by atoms with Gasteiger partial charge in [-0.3, -0.25) is 4.84 Å². The van der Waals surface area contributed by atoms with Gasteiger partial charge >= 0.3 is 5.97 Å². The monoisotopic (exact) mass is 159 g/mol. The largest absolute Gasteiger partial charge is 0.411 e. The number of fused-ring (bicyclic) bond motifs is 1. The highest BCUT2D eigenvalue weighted by atomic mass is 32.2. The van der Waals surface area contributed by atoms with Gasteiger partial charge in [-0.05, 0) is 0 Å². The molecule has 0 spiro atoms. The van der Waals surface area contributed by atoms with E-state index in [-0.39, 0.29) is 12.0 Å². The molecule has 0 radical (unpaired) electrons. The van der Waals surface area contributed by atoms with Crippen molar-refractivity contribution in [1.82, 2.24) is 0 Å². The van der Waals surface area contributed by atoms with Crippen molar-refractivity contribution in [2.75, 3.05) is 18.1 Å². The summed E-state index contributed by atoms with van der Waals surface area (Å²) >= 11 is 1.77. The standard InChI is InChI=1S/C5H7N2O2S/c8-5-4-3-10-2-1-7(4)6-9-5/h4H,1-3H2/q+1. The smallest absolute Gasteiger partial charge is 0.261 e. The van der Waals surface area contributed by atoms with E-state index in [0.29, 0.717) is 0 Å². The van der Waals surface area contributed by atoms with E-state index in [9.17, 15) is 4.79 Å². The zero-order valence-corrected chi connectivity index (χ0v) is 6.13. The number of thioether (sulfide) groups is 1. The molecule has 1 fully saturated rings. The van der Waals surface area contributed by atoms with E-state index >= 15 is 0 Å². The van der Waals surface area contributed by atoms with Crippen molar-refractivity contribution in [3.63, 3.8) is 0 Å². The number of nitrogens with zero attached hydrogens (tertiary/aromatic N) is 2. The second-order valence-corrected chi connectivity index (χ2v) is 3.40. The molecule has 4 nitrogen and oxygen atoms in total. The molecule has 0 aromatic rings. The van der Waals surface area contributed by atoms with Crippen molar-refractivity contribution in [2.45, 2.75) is 6.04 Å². The van der Waals surface area contributed by atoms with E-state index in [4.69, 9.17) is 0 Å². The minimum absolute atomic E-state index is 0.0984. The second-order valence-electron chi connectivity index (χ2n) is 2.25. The van der Waals surface area contributed by atoms with Gasteiger partial charge in [0, 0.05) is 0 Å². The van der Waals surface area contributed by atoms with Gasteiger partial charge in [-0.2, -0.15) is 0 Å². The minimum atomic E-state index is -0.202. The minimum Gasteiger partial charge on any atom is -0.261 e. The van der Waals surface area contributed by atoms with Gasteiger partial charge in [0.2, 0.25) is 0 Å². The zero-order chi connectivity index (χ0) is 6.97. The molecule has 10 heavy (non-hydrogen) atoms. The number of hydrogen-bond donors (Lipinski definition) is 0. The molecule has 0 aromatic carbocycles. The summed E-state index contributed by atoms with van der Waals surface area (Å²) in [4.78, 5) is 15.3. The Hall–Kier alpha value is -0.580. The molecular weight excluding hydrogens is 152 g/mol. The molecule has 0 amide bonds. The maximum atomic E-state index is 10.8. The maximum absolute atomic E-state index is 10.8. The Labute approximate surface area is 62.2 Å². The van der Waals surface area contributed by atoms with Crippen LogP contribution in [0, 0.1) is 0 Å². The Bertz CT molecular complexity index is 204. The van der Waals surface area contributed by atoms with Crippen LogP contribution in [-0.4, -0.2) is 34.8 Å². The lowest BCUT2D eigenvalue weighted by Gasteiger charge is -2.07. The lowest BCUT2D eigenvalue weighted by atomic mass is 10.3. The molecule has 2 aliphatic rings. The fraction of sp³-hybridized carbons (Fsp3) is 0.800. The highest BCUT2D eigenvalue weighted by Gasteiger charge is 2.42. The summed E-state index contributed by atoms with van der Waals surface area (Å²) < 4.78 is 1.72. The van der Waals surface area contributed by atoms with Crippen LogP contribution in [0.4, 0.5) is 0 Å². The fourth-order valence-electron chi connectivity index (χ4n) is 1.04. The first kappa shape index (κ1) is 6.15. The summed E-state index contributed by atoms with van der Waals surface area (Å²) in [6.45, 7) is 0.834. The third-order valence-electron chi connectivity index (χ3n) is 1.61. The molecule has 0 N–H and O–H groups in total. The Morgan fingerprint density at radius 2 is 2.70 bits per heavy atom. The van der Waals surface area contributed by atoms with Crippen LogP contribution < -0.4 is 0 Å².